The van der Waals surface area contributed by atoms with Gasteiger partial charge in [0, 0.05) is 36.8 Å². The Kier molecular flexibility index (Phi) is 7.12. The molecule has 0 saturated heterocycles. The van der Waals surface area contributed by atoms with Gasteiger partial charge < -0.3 is 14.1 Å². The van der Waals surface area contributed by atoms with E-state index in [1.165, 1.54) is 12.5 Å². The van der Waals surface area contributed by atoms with Gasteiger partial charge in [-0.2, -0.15) is 8.42 Å². The maximum absolute atomic E-state index is 13.3. The number of sulfonamides is 1. The molecule has 2 N–H and O–H groups in total. The van der Waals surface area contributed by atoms with Crippen LogP contribution < -0.4 is 10.3 Å². The van der Waals surface area contributed by atoms with Crippen molar-refractivity contribution in [3.8, 4) is 5.75 Å². The molecule has 2 aromatic heterocycles. The molecule has 9 heteroatoms. The minimum atomic E-state index is -3.88. The van der Waals surface area contributed by atoms with Gasteiger partial charge in [0.1, 0.15) is 11.5 Å². The van der Waals surface area contributed by atoms with Crippen LogP contribution in [0.1, 0.15) is 60.5 Å². The first-order valence-corrected chi connectivity index (χ1v) is 14.2. The van der Waals surface area contributed by atoms with Crippen molar-refractivity contribution in [2.75, 3.05) is 4.72 Å². The lowest BCUT2D eigenvalue weighted by Crippen LogP contribution is -2.18. The molecule has 1 fully saturated rings. The Morgan fingerprint density at radius 1 is 1.13 bits per heavy atom. The number of hydrogen-bond donors (Lipinski definition) is 2. The maximum atomic E-state index is 13.3. The number of aryl methyl sites for hydroxylation is 1. The number of aromatic hydroxyl groups is 1. The topological polar surface area (TPSA) is 114 Å². The molecule has 38 heavy (non-hydrogen) atoms. The predicted octanol–water partition coefficient (Wildman–Crippen LogP) is 5.16. The van der Waals surface area contributed by atoms with Crippen LogP contribution in [-0.2, 0) is 23.5 Å². The van der Waals surface area contributed by atoms with Crippen molar-refractivity contribution in [3.05, 3.63) is 106 Å². The van der Waals surface area contributed by atoms with Gasteiger partial charge in [0.25, 0.3) is 10.0 Å². The number of nitrogens with zero attached hydrogens (tertiary/aromatic N) is 2. The molecule has 0 amide bonds. The molecule has 2 aromatic carbocycles. The van der Waals surface area contributed by atoms with E-state index in [4.69, 9.17) is 4.42 Å². The van der Waals surface area contributed by atoms with Crippen LogP contribution in [0, 0.1) is 5.92 Å². The standard InChI is InChI=1S/C29H31N3O5S/c1-3-20(14-19-8-5-4-6-9-19)25-16-24(33)28(29(34)37-25)27(21-12-13-21)22-10-7-11-23(15-22)31-38(35,36)26-17-32(2)18-30-26/h4-11,15-18,20-21,27,31,33H,3,12-14H2,1-2H3/t20-,27+/m1/s1. The Morgan fingerprint density at radius 3 is 2.53 bits per heavy atom. The maximum Gasteiger partial charge on any atom is 0.343 e. The molecule has 198 valence electrons. The Morgan fingerprint density at radius 2 is 1.89 bits per heavy atom. The monoisotopic (exact) mass is 533 g/mol. The van der Waals surface area contributed by atoms with Gasteiger partial charge in [-0.25, -0.2) is 9.78 Å². The zero-order valence-corrected chi connectivity index (χ0v) is 22.2. The van der Waals surface area contributed by atoms with Gasteiger partial charge in [-0.1, -0.05) is 49.4 Å². The second kappa shape index (κ2) is 10.5. The number of hydrogen-bond acceptors (Lipinski definition) is 6. The number of imidazole rings is 1. The van der Waals surface area contributed by atoms with Crippen molar-refractivity contribution in [1.29, 1.82) is 0 Å². The van der Waals surface area contributed by atoms with Crippen LogP contribution in [0.2, 0.25) is 0 Å². The zero-order valence-electron chi connectivity index (χ0n) is 21.4. The van der Waals surface area contributed by atoms with Gasteiger partial charge >= 0.3 is 5.63 Å². The number of aromatic nitrogens is 2. The van der Waals surface area contributed by atoms with E-state index < -0.39 is 21.6 Å². The second-order valence-electron chi connectivity index (χ2n) is 9.95. The van der Waals surface area contributed by atoms with Crippen LogP contribution >= 0.6 is 0 Å². The average Bonchev–Trinajstić information content (AvgIpc) is 3.63. The van der Waals surface area contributed by atoms with Crippen molar-refractivity contribution in [2.45, 2.75) is 49.5 Å². The van der Waals surface area contributed by atoms with E-state index in [9.17, 15) is 18.3 Å². The Balaban J connectivity index is 1.46. The fourth-order valence-corrected chi connectivity index (χ4v) is 6.01. The average molecular weight is 534 g/mol. The molecule has 8 nitrogen and oxygen atoms in total. The third kappa shape index (κ3) is 5.52. The lowest BCUT2D eigenvalue weighted by atomic mass is 9.86. The summed E-state index contributed by atoms with van der Waals surface area (Å²) < 4.78 is 35.5. The van der Waals surface area contributed by atoms with Crippen LogP contribution in [0.5, 0.6) is 5.75 Å². The molecule has 1 saturated carbocycles. The summed E-state index contributed by atoms with van der Waals surface area (Å²) in [6, 6.07) is 18.5. The van der Waals surface area contributed by atoms with Crippen LogP contribution in [0.15, 0.2) is 87.4 Å². The summed E-state index contributed by atoms with van der Waals surface area (Å²) in [6.07, 6.45) is 6.10. The van der Waals surface area contributed by atoms with E-state index in [0.717, 1.165) is 30.4 Å². The van der Waals surface area contributed by atoms with Gasteiger partial charge in [0.05, 0.1) is 11.9 Å². The fraction of sp³-hybridized carbons (Fsp3) is 0.310. The molecule has 2 heterocycles. The quantitative estimate of drug-likeness (QED) is 0.291. The molecule has 5 rings (SSSR count). The van der Waals surface area contributed by atoms with E-state index in [0.29, 0.717) is 17.9 Å². The molecular weight excluding hydrogens is 502 g/mol. The highest BCUT2D eigenvalue weighted by Gasteiger charge is 2.38. The van der Waals surface area contributed by atoms with Crippen molar-refractivity contribution < 1.29 is 17.9 Å². The molecule has 0 spiro atoms. The smallest absolute Gasteiger partial charge is 0.343 e. The minimum Gasteiger partial charge on any atom is -0.507 e. The summed E-state index contributed by atoms with van der Waals surface area (Å²) in [6.45, 7) is 2.03. The first-order valence-electron chi connectivity index (χ1n) is 12.8. The third-order valence-electron chi connectivity index (χ3n) is 7.06. The third-order valence-corrected chi connectivity index (χ3v) is 8.33. The first-order chi connectivity index (χ1) is 18.2. The van der Waals surface area contributed by atoms with E-state index in [2.05, 4.69) is 9.71 Å². The number of anilines is 1. The lowest BCUT2D eigenvalue weighted by molar-refractivity contribution is 0.379. The van der Waals surface area contributed by atoms with Gasteiger partial charge in [-0.05, 0) is 54.9 Å². The van der Waals surface area contributed by atoms with Gasteiger partial charge in [-0.3, -0.25) is 4.72 Å². The van der Waals surface area contributed by atoms with Crippen LogP contribution in [0.3, 0.4) is 0 Å². The zero-order chi connectivity index (χ0) is 26.9. The summed E-state index contributed by atoms with van der Waals surface area (Å²) in [5.74, 6) is 0.0827. The summed E-state index contributed by atoms with van der Waals surface area (Å²) in [7, 11) is -2.18. The number of benzene rings is 2. The van der Waals surface area contributed by atoms with Crippen molar-refractivity contribution >= 4 is 15.7 Å². The molecule has 0 radical (unpaired) electrons. The van der Waals surface area contributed by atoms with Crippen molar-refractivity contribution in [2.24, 2.45) is 13.0 Å². The Bertz CT molecular complexity index is 1590. The first kappa shape index (κ1) is 25.8. The van der Waals surface area contributed by atoms with Crippen LogP contribution in [0.4, 0.5) is 5.69 Å². The molecule has 2 atom stereocenters. The lowest BCUT2D eigenvalue weighted by Gasteiger charge is -2.20. The molecule has 1 aliphatic carbocycles. The summed E-state index contributed by atoms with van der Waals surface area (Å²) in [5.41, 5.74) is 1.89. The summed E-state index contributed by atoms with van der Waals surface area (Å²) in [4.78, 5) is 17.3. The Labute approximate surface area is 222 Å². The molecule has 1 aliphatic rings. The van der Waals surface area contributed by atoms with E-state index >= 15 is 0 Å². The summed E-state index contributed by atoms with van der Waals surface area (Å²) in [5, 5.41) is 11.0. The van der Waals surface area contributed by atoms with Crippen LogP contribution in [-0.4, -0.2) is 23.1 Å². The summed E-state index contributed by atoms with van der Waals surface area (Å²) >= 11 is 0. The molecule has 0 unspecified atom stereocenters. The predicted molar refractivity (Wildman–Crippen MR) is 145 cm³/mol. The molecular formula is C29H31N3O5S. The van der Waals surface area contributed by atoms with Gasteiger partial charge in [0.2, 0.25) is 0 Å². The second-order valence-corrected chi connectivity index (χ2v) is 11.6. The minimum absolute atomic E-state index is 0.0474. The van der Waals surface area contributed by atoms with Gasteiger partial charge in [0.15, 0.2) is 5.03 Å². The number of rotatable bonds is 10. The fourth-order valence-electron chi connectivity index (χ4n) is 4.98. The van der Waals surface area contributed by atoms with E-state index in [1.807, 2.05) is 43.3 Å². The molecule has 0 bridgehead atoms. The number of nitrogens with one attached hydrogen (secondary N) is 1. The largest absolute Gasteiger partial charge is 0.507 e. The normalized spacial score (nSPS) is 15.2. The highest BCUT2D eigenvalue weighted by Crippen LogP contribution is 2.48. The Hall–Kier alpha value is -3.85. The molecule has 4 aromatic rings. The highest BCUT2D eigenvalue weighted by molar-refractivity contribution is 7.92. The van der Waals surface area contributed by atoms with E-state index in [1.54, 1.807) is 35.9 Å². The van der Waals surface area contributed by atoms with Crippen molar-refractivity contribution in [3.63, 3.8) is 0 Å². The SMILES string of the molecule is CC[C@H](Cc1ccccc1)c1cc(O)c([C@H](c2cccc(NS(=O)(=O)c3cn(C)cn3)c2)C2CC2)c(=O)o1. The van der Waals surface area contributed by atoms with Gasteiger partial charge in [-0.15, -0.1) is 0 Å². The van der Waals surface area contributed by atoms with E-state index in [-0.39, 0.29) is 28.2 Å². The highest BCUT2D eigenvalue weighted by atomic mass is 32.2. The molecule has 0 aliphatic heterocycles. The van der Waals surface area contributed by atoms with Crippen molar-refractivity contribution in [1.82, 2.24) is 9.55 Å². The van der Waals surface area contributed by atoms with Crippen LogP contribution in [0.25, 0.3) is 0 Å².